The second-order valence-electron chi connectivity index (χ2n) is 5.00. The minimum absolute atomic E-state index is 0.0278. The molecule has 1 aliphatic heterocycles. The number of halogens is 1. The molecule has 4 nitrogen and oxygen atoms in total. The predicted molar refractivity (Wildman–Crippen MR) is 77.1 cm³/mol. The van der Waals surface area contributed by atoms with Gasteiger partial charge < -0.3 is 0 Å². The van der Waals surface area contributed by atoms with Crippen molar-refractivity contribution in [3.05, 3.63) is 35.2 Å². The van der Waals surface area contributed by atoms with Crippen LogP contribution in [0.5, 0.6) is 0 Å². The van der Waals surface area contributed by atoms with E-state index in [4.69, 9.17) is 5.14 Å². The Balaban J connectivity index is 2.39. The first-order valence-electron chi connectivity index (χ1n) is 6.64. The Morgan fingerprint density at radius 2 is 2.20 bits per heavy atom. The van der Waals surface area contributed by atoms with Crippen LogP contribution < -0.4 is 5.14 Å². The van der Waals surface area contributed by atoms with Crippen molar-refractivity contribution in [2.24, 2.45) is 5.14 Å². The van der Waals surface area contributed by atoms with Gasteiger partial charge in [-0.15, -0.1) is 0 Å². The van der Waals surface area contributed by atoms with Crippen LogP contribution >= 0.6 is 0 Å². The van der Waals surface area contributed by atoms with E-state index in [0.717, 1.165) is 44.1 Å². The summed E-state index contributed by atoms with van der Waals surface area (Å²) in [5, 5.41) is 5.18. The van der Waals surface area contributed by atoms with Crippen LogP contribution in [-0.4, -0.2) is 33.0 Å². The Kier molecular flexibility index (Phi) is 4.57. The highest BCUT2D eigenvalue weighted by atomic mass is 32.2. The molecule has 110 valence electrons. The molecular weight excluding hydrogens is 279 g/mol. The zero-order chi connectivity index (χ0) is 14.8. The van der Waals surface area contributed by atoms with Crippen LogP contribution in [0.15, 0.2) is 28.7 Å². The summed E-state index contributed by atoms with van der Waals surface area (Å²) in [6, 6.07) is 3.55. The zero-order valence-corrected chi connectivity index (χ0v) is 12.3. The fourth-order valence-electron chi connectivity index (χ4n) is 2.47. The van der Waals surface area contributed by atoms with Gasteiger partial charge in [-0.3, -0.25) is 4.90 Å². The Bertz CT molecular complexity index is 626. The fourth-order valence-corrected chi connectivity index (χ4v) is 3.18. The van der Waals surface area contributed by atoms with E-state index >= 15 is 0 Å². The maximum absolute atomic E-state index is 13.4. The first kappa shape index (κ1) is 15.2. The molecule has 0 atom stereocenters. The van der Waals surface area contributed by atoms with Crippen molar-refractivity contribution >= 4 is 16.1 Å². The SMILES string of the molecule is CCN1CCC/C(=C/c2cc(F)ccc2S(N)(=O)=O)C1. The molecule has 0 bridgehead atoms. The van der Waals surface area contributed by atoms with Crippen LogP contribution in [0.1, 0.15) is 25.3 Å². The number of piperidine rings is 1. The lowest BCUT2D eigenvalue weighted by molar-refractivity contribution is 0.280. The maximum atomic E-state index is 13.4. The molecule has 0 spiro atoms. The quantitative estimate of drug-likeness (QED) is 0.928. The van der Waals surface area contributed by atoms with Gasteiger partial charge in [-0.25, -0.2) is 17.9 Å². The number of hydrogen-bond acceptors (Lipinski definition) is 3. The average molecular weight is 298 g/mol. The lowest BCUT2D eigenvalue weighted by Crippen LogP contribution is -2.30. The average Bonchev–Trinajstić information content (AvgIpc) is 2.37. The summed E-state index contributed by atoms with van der Waals surface area (Å²) in [5.74, 6) is -0.465. The zero-order valence-electron chi connectivity index (χ0n) is 11.5. The normalized spacial score (nSPS) is 19.4. The van der Waals surface area contributed by atoms with E-state index in [1.807, 2.05) is 0 Å². The number of primary sulfonamides is 1. The van der Waals surface area contributed by atoms with Gasteiger partial charge in [0.25, 0.3) is 0 Å². The van der Waals surface area contributed by atoms with Gasteiger partial charge in [-0.2, -0.15) is 0 Å². The third-order valence-electron chi connectivity index (χ3n) is 3.48. The molecule has 0 amide bonds. The molecule has 0 radical (unpaired) electrons. The van der Waals surface area contributed by atoms with Gasteiger partial charge in [0.2, 0.25) is 10.0 Å². The van der Waals surface area contributed by atoms with Gasteiger partial charge in [0.05, 0.1) is 4.90 Å². The van der Waals surface area contributed by atoms with Crippen LogP contribution in [0.3, 0.4) is 0 Å². The van der Waals surface area contributed by atoms with Gasteiger partial charge in [-0.1, -0.05) is 18.6 Å². The molecule has 1 aliphatic rings. The summed E-state index contributed by atoms with van der Waals surface area (Å²) in [6.45, 7) is 4.86. The monoisotopic (exact) mass is 298 g/mol. The lowest BCUT2D eigenvalue weighted by atomic mass is 10.0. The highest BCUT2D eigenvalue weighted by molar-refractivity contribution is 7.89. The van der Waals surface area contributed by atoms with Crippen molar-refractivity contribution in [2.75, 3.05) is 19.6 Å². The van der Waals surface area contributed by atoms with Crippen LogP contribution in [0.4, 0.5) is 4.39 Å². The second-order valence-corrected chi connectivity index (χ2v) is 6.53. The van der Waals surface area contributed by atoms with Crippen LogP contribution in [0, 0.1) is 5.82 Å². The summed E-state index contributed by atoms with van der Waals surface area (Å²) >= 11 is 0. The minimum Gasteiger partial charge on any atom is -0.300 e. The van der Waals surface area contributed by atoms with Gasteiger partial charge in [0, 0.05) is 6.54 Å². The highest BCUT2D eigenvalue weighted by Gasteiger charge is 2.16. The maximum Gasteiger partial charge on any atom is 0.238 e. The molecular formula is C14H19FN2O2S. The Morgan fingerprint density at radius 1 is 1.45 bits per heavy atom. The van der Waals surface area contributed by atoms with Crippen LogP contribution in [0.2, 0.25) is 0 Å². The fraction of sp³-hybridized carbons (Fsp3) is 0.429. The topological polar surface area (TPSA) is 63.4 Å². The number of nitrogens with zero attached hydrogens (tertiary/aromatic N) is 1. The lowest BCUT2D eigenvalue weighted by Gasteiger charge is -2.27. The summed E-state index contributed by atoms with van der Waals surface area (Å²) in [7, 11) is -3.84. The second kappa shape index (κ2) is 6.03. The molecule has 20 heavy (non-hydrogen) atoms. The third kappa shape index (κ3) is 3.65. The van der Waals surface area contributed by atoms with Crippen LogP contribution in [0.25, 0.3) is 6.08 Å². The van der Waals surface area contributed by atoms with E-state index in [0.29, 0.717) is 5.56 Å². The van der Waals surface area contributed by atoms with Crippen molar-refractivity contribution in [2.45, 2.75) is 24.7 Å². The molecule has 1 aromatic rings. The highest BCUT2D eigenvalue weighted by Crippen LogP contribution is 2.23. The summed E-state index contributed by atoms with van der Waals surface area (Å²) in [6.07, 6.45) is 3.68. The predicted octanol–water partition coefficient (Wildman–Crippen LogP) is 1.97. The molecule has 1 aromatic carbocycles. The summed E-state index contributed by atoms with van der Waals surface area (Å²) in [4.78, 5) is 2.24. The molecule has 2 N–H and O–H groups in total. The number of nitrogens with two attached hydrogens (primary N) is 1. The molecule has 1 saturated heterocycles. The number of sulfonamides is 1. The Hall–Kier alpha value is -1.24. The van der Waals surface area contributed by atoms with E-state index in [1.165, 1.54) is 12.1 Å². The number of likely N-dealkylation sites (tertiary alicyclic amines) is 1. The molecule has 0 unspecified atom stereocenters. The van der Waals surface area contributed by atoms with E-state index in [9.17, 15) is 12.8 Å². The third-order valence-corrected chi connectivity index (χ3v) is 4.47. The molecule has 1 fully saturated rings. The van der Waals surface area contributed by atoms with Gasteiger partial charge >= 0.3 is 0 Å². The summed E-state index contributed by atoms with van der Waals surface area (Å²) < 4.78 is 36.4. The summed E-state index contributed by atoms with van der Waals surface area (Å²) in [5.41, 5.74) is 1.44. The molecule has 0 saturated carbocycles. The molecule has 2 rings (SSSR count). The van der Waals surface area contributed by atoms with Crippen molar-refractivity contribution in [1.29, 1.82) is 0 Å². The first-order chi connectivity index (χ1) is 9.40. The van der Waals surface area contributed by atoms with Crippen molar-refractivity contribution in [3.8, 4) is 0 Å². The van der Waals surface area contributed by atoms with Crippen LogP contribution in [-0.2, 0) is 10.0 Å². The van der Waals surface area contributed by atoms with Crippen molar-refractivity contribution in [1.82, 2.24) is 4.90 Å². The van der Waals surface area contributed by atoms with E-state index in [-0.39, 0.29) is 4.90 Å². The number of likely N-dealkylation sites (N-methyl/N-ethyl adjacent to an activating group) is 1. The van der Waals surface area contributed by atoms with Crippen molar-refractivity contribution in [3.63, 3.8) is 0 Å². The first-order valence-corrected chi connectivity index (χ1v) is 8.19. The number of benzene rings is 1. The standard InChI is InChI=1S/C14H19FN2O2S/c1-2-17-7-3-4-11(10-17)8-12-9-13(15)5-6-14(12)20(16,18)19/h5-6,8-9H,2-4,7,10H2,1H3,(H2,16,18,19)/b11-8-. The molecule has 0 aliphatic carbocycles. The number of hydrogen-bond donors (Lipinski definition) is 1. The van der Waals surface area contributed by atoms with Gasteiger partial charge in [0.1, 0.15) is 5.82 Å². The van der Waals surface area contributed by atoms with Gasteiger partial charge in [-0.05, 0) is 49.7 Å². The minimum atomic E-state index is -3.84. The van der Waals surface area contributed by atoms with Gasteiger partial charge in [0.15, 0.2) is 0 Å². The smallest absolute Gasteiger partial charge is 0.238 e. The largest absolute Gasteiger partial charge is 0.300 e. The Labute approximate surface area is 119 Å². The molecule has 0 aromatic heterocycles. The number of rotatable bonds is 3. The van der Waals surface area contributed by atoms with E-state index < -0.39 is 15.8 Å². The molecule has 1 heterocycles. The Morgan fingerprint density at radius 3 is 2.85 bits per heavy atom. The van der Waals surface area contributed by atoms with E-state index in [2.05, 4.69) is 11.8 Å². The van der Waals surface area contributed by atoms with E-state index in [1.54, 1.807) is 6.08 Å². The van der Waals surface area contributed by atoms with Crippen molar-refractivity contribution < 1.29 is 12.8 Å². The molecule has 6 heteroatoms.